The van der Waals surface area contributed by atoms with Gasteiger partial charge in [-0.05, 0) is 11.6 Å². The van der Waals surface area contributed by atoms with E-state index in [4.69, 9.17) is 4.74 Å². The van der Waals surface area contributed by atoms with Crippen LogP contribution in [0.15, 0.2) is 60.4 Å². The number of aliphatic hydroxyl groups excluding tert-OH is 1. The number of aliphatic hydroxyl groups is 1. The maximum atomic E-state index is 12.9. The zero-order valence-electron chi connectivity index (χ0n) is 16.1. The summed E-state index contributed by atoms with van der Waals surface area (Å²) < 4.78 is 5.39. The van der Waals surface area contributed by atoms with Gasteiger partial charge in [0.25, 0.3) is 11.7 Å². The second-order valence-corrected chi connectivity index (χ2v) is 7.26. The van der Waals surface area contributed by atoms with Gasteiger partial charge in [-0.3, -0.25) is 14.6 Å². The quantitative estimate of drug-likeness (QED) is 0.436. The van der Waals surface area contributed by atoms with Gasteiger partial charge in [-0.15, -0.1) is 0 Å². The van der Waals surface area contributed by atoms with Gasteiger partial charge >= 0.3 is 0 Å². The molecular formula is C22H24N3O4+. The molecule has 1 aromatic heterocycles. The van der Waals surface area contributed by atoms with Crippen LogP contribution in [0.25, 0.3) is 5.76 Å². The monoisotopic (exact) mass is 394 g/mol. The van der Waals surface area contributed by atoms with E-state index in [0.717, 1.165) is 19.6 Å². The third kappa shape index (κ3) is 3.92. The van der Waals surface area contributed by atoms with Crippen molar-refractivity contribution < 1.29 is 24.3 Å². The second-order valence-electron chi connectivity index (χ2n) is 7.26. The number of carbonyl (C=O) groups is 2. The Morgan fingerprint density at radius 3 is 2.59 bits per heavy atom. The van der Waals surface area contributed by atoms with Crippen LogP contribution in [0, 0.1) is 0 Å². The molecule has 2 saturated heterocycles. The topological polar surface area (TPSA) is 84.2 Å². The Labute approximate surface area is 169 Å². The fourth-order valence-electron chi connectivity index (χ4n) is 3.94. The molecule has 3 heterocycles. The highest BCUT2D eigenvalue weighted by Gasteiger charge is 2.46. The first-order chi connectivity index (χ1) is 14.2. The van der Waals surface area contributed by atoms with Crippen molar-refractivity contribution in [1.82, 2.24) is 9.88 Å². The van der Waals surface area contributed by atoms with E-state index >= 15 is 0 Å². The molecule has 7 heteroatoms. The first-order valence-corrected chi connectivity index (χ1v) is 9.82. The number of likely N-dealkylation sites (tertiary alicyclic amines) is 1. The number of ether oxygens (including phenoxy) is 1. The number of morpholine rings is 1. The van der Waals surface area contributed by atoms with Crippen LogP contribution < -0.4 is 4.90 Å². The SMILES string of the molecule is O=C1C(=O)N(CC[NH+]2CCOCC2)[C@@H](c2cccnc2)C1=C(O)c1ccccc1. The average molecular weight is 394 g/mol. The summed E-state index contributed by atoms with van der Waals surface area (Å²) in [6.07, 6.45) is 3.29. The molecule has 2 aliphatic rings. The minimum Gasteiger partial charge on any atom is -0.507 e. The fraction of sp³-hybridized carbons (Fsp3) is 0.318. The minimum absolute atomic E-state index is 0.117. The Morgan fingerprint density at radius 2 is 1.90 bits per heavy atom. The molecule has 7 nitrogen and oxygen atoms in total. The van der Waals surface area contributed by atoms with Crippen LogP contribution in [-0.2, 0) is 14.3 Å². The lowest BCUT2D eigenvalue weighted by Crippen LogP contribution is -3.14. The van der Waals surface area contributed by atoms with Crippen LogP contribution in [0.5, 0.6) is 0 Å². The maximum Gasteiger partial charge on any atom is 0.295 e. The van der Waals surface area contributed by atoms with E-state index in [2.05, 4.69) is 4.98 Å². The zero-order valence-corrected chi connectivity index (χ0v) is 16.1. The molecule has 150 valence electrons. The van der Waals surface area contributed by atoms with Crippen LogP contribution in [-0.4, -0.2) is 66.1 Å². The Bertz CT molecular complexity index is 908. The molecule has 4 rings (SSSR count). The van der Waals surface area contributed by atoms with E-state index in [1.165, 1.54) is 4.90 Å². The molecule has 1 aromatic carbocycles. The number of pyridine rings is 1. The number of amides is 1. The number of ketones is 1. The van der Waals surface area contributed by atoms with Crippen molar-refractivity contribution in [2.75, 3.05) is 39.4 Å². The molecular weight excluding hydrogens is 370 g/mol. The lowest BCUT2D eigenvalue weighted by atomic mass is 9.96. The Balaban J connectivity index is 1.70. The standard InChI is InChI=1S/C22H23N3O4/c26-20(16-5-2-1-3-6-16)18-19(17-7-4-8-23-15-17)25(22(28)21(18)27)10-9-24-11-13-29-14-12-24/h1-8,15,19,26H,9-14H2/p+1/t19-/m0/s1. The molecule has 2 aromatic rings. The van der Waals surface area contributed by atoms with E-state index in [0.29, 0.717) is 30.9 Å². The van der Waals surface area contributed by atoms with Crippen LogP contribution in [0.1, 0.15) is 17.2 Å². The third-order valence-corrected chi connectivity index (χ3v) is 5.49. The van der Waals surface area contributed by atoms with Crippen LogP contribution >= 0.6 is 0 Å². The van der Waals surface area contributed by atoms with Crippen molar-refractivity contribution in [2.24, 2.45) is 0 Å². The zero-order chi connectivity index (χ0) is 20.2. The van der Waals surface area contributed by atoms with E-state index in [1.807, 2.05) is 12.1 Å². The van der Waals surface area contributed by atoms with Gasteiger partial charge in [-0.25, -0.2) is 0 Å². The van der Waals surface area contributed by atoms with Crippen molar-refractivity contribution in [2.45, 2.75) is 6.04 Å². The highest BCUT2D eigenvalue weighted by Crippen LogP contribution is 2.38. The molecule has 0 bridgehead atoms. The van der Waals surface area contributed by atoms with E-state index in [9.17, 15) is 14.7 Å². The summed E-state index contributed by atoms with van der Waals surface area (Å²) in [6.45, 7) is 4.31. The smallest absolute Gasteiger partial charge is 0.295 e. The highest BCUT2D eigenvalue weighted by molar-refractivity contribution is 6.46. The molecule has 2 aliphatic heterocycles. The van der Waals surface area contributed by atoms with Crippen LogP contribution in [0.3, 0.4) is 0 Å². The molecule has 0 aliphatic carbocycles. The summed E-state index contributed by atoms with van der Waals surface area (Å²) in [6, 6.07) is 11.8. The molecule has 2 N–H and O–H groups in total. The van der Waals surface area contributed by atoms with Gasteiger partial charge in [0.1, 0.15) is 18.8 Å². The first kappa shape index (κ1) is 19.3. The summed E-state index contributed by atoms with van der Waals surface area (Å²) in [5.41, 5.74) is 1.34. The molecule has 2 fully saturated rings. The second kappa shape index (κ2) is 8.55. The molecule has 29 heavy (non-hydrogen) atoms. The summed E-state index contributed by atoms with van der Waals surface area (Å²) in [7, 11) is 0. The number of aromatic nitrogens is 1. The first-order valence-electron chi connectivity index (χ1n) is 9.82. The van der Waals surface area contributed by atoms with Crippen molar-refractivity contribution in [1.29, 1.82) is 0 Å². The van der Waals surface area contributed by atoms with E-state index in [1.54, 1.807) is 47.6 Å². The van der Waals surface area contributed by atoms with Gasteiger partial charge in [0, 0.05) is 18.0 Å². The number of carbonyl (C=O) groups excluding carboxylic acids is 2. The van der Waals surface area contributed by atoms with Gasteiger partial charge in [-0.2, -0.15) is 0 Å². The van der Waals surface area contributed by atoms with Gasteiger partial charge in [-0.1, -0.05) is 36.4 Å². The largest absolute Gasteiger partial charge is 0.507 e. The average Bonchev–Trinajstić information content (AvgIpc) is 3.04. The summed E-state index contributed by atoms with van der Waals surface area (Å²) in [5, 5.41) is 10.9. The third-order valence-electron chi connectivity index (χ3n) is 5.49. The van der Waals surface area contributed by atoms with E-state index in [-0.39, 0.29) is 11.3 Å². The molecule has 1 amide bonds. The number of quaternary nitrogens is 1. The number of rotatable bonds is 5. The number of hydrogen-bond acceptors (Lipinski definition) is 5. The van der Waals surface area contributed by atoms with E-state index < -0.39 is 17.7 Å². The Morgan fingerprint density at radius 1 is 1.14 bits per heavy atom. The number of Topliss-reactive ketones (excluding diaryl/α,β-unsaturated/α-hetero) is 1. The predicted octanol–water partition coefficient (Wildman–Crippen LogP) is 0.418. The lowest BCUT2D eigenvalue weighted by Gasteiger charge is -2.29. The number of nitrogens with zero attached hydrogens (tertiary/aromatic N) is 2. The Kier molecular flexibility index (Phi) is 5.69. The highest BCUT2D eigenvalue weighted by atomic mass is 16.5. The molecule has 0 radical (unpaired) electrons. The van der Waals surface area contributed by atoms with Gasteiger partial charge in [0.05, 0.1) is 37.9 Å². The van der Waals surface area contributed by atoms with Crippen molar-refractivity contribution >= 4 is 17.4 Å². The fourth-order valence-corrected chi connectivity index (χ4v) is 3.94. The number of nitrogens with one attached hydrogen (secondary N) is 1. The normalized spacial score (nSPS) is 22.2. The van der Waals surface area contributed by atoms with Gasteiger partial charge in [0.2, 0.25) is 0 Å². The molecule has 0 saturated carbocycles. The number of hydrogen-bond donors (Lipinski definition) is 2. The van der Waals surface area contributed by atoms with Crippen LogP contribution in [0.4, 0.5) is 0 Å². The predicted molar refractivity (Wildman–Crippen MR) is 106 cm³/mol. The van der Waals surface area contributed by atoms with Gasteiger partial charge in [0.15, 0.2) is 0 Å². The summed E-state index contributed by atoms with van der Waals surface area (Å²) in [5.74, 6) is -1.39. The van der Waals surface area contributed by atoms with Gasteiger partial charge < -0.3 is 19.6 Å². The lowest BCUT2D eigenvalue weighted by molar-refractivity contribution is -0.907. The Hall–Kier alpha value is -3.03. The van der Waals surface area contributed by atoms with Crippen molar-refractivity contribution in [3.05, 3.63) is 71.6 Å². The van der Waals surface area contributed by atoms with Crippen LogP contribution in [0.2, 0.25) is 0 Å². The summed E-state index contributed by atoms with van der Waals surface area (Å²) >= 11 is 0. The van der Waals surface area contributed by atoms with Crippen molar-refractivity contribution in [3.8, 4) is 0 Å². The number of benzene rings is 1. The maximum absolute atomic E-state index is 12.9. The molecule has 0 unspecified atom stereocenters. The van der Waals surface area contributed by atoms with Crippen molar-refractivity contribution in [3.63, 3.8) is 0 Å². The summed E-state index contributed by atoms with van der Waals surface area (Å²) in [4.78, 5) is 32.9. The minimum atomic E-state index is -0.655. The molecule has 1 atom stereocenters. The molecule has 0 spiro atoms.